The van der Waals surface area contributed by atoms with Crippen LogP contribution in [0.4, 0.5) is 11.6 Å². The largest absolute Gasteiger partial charge is 0.369 e. The summed E-state index contributed by atoms with van der Waals surface area (Å²) >= 11 is 0. The van der Waals surface area contributed by atoms with Gasteiger partial charge in [-0.05, 0) is 12.3 Å². The van der Waals surface area contributed by atoms with Crippen LogP contribution in [-0.4, -0.2) is 29.0 Å². The van der Waals surface area contributed by atoms with Crippen LogP contribution < -0.4 is 21.9 Å². The highest BCUT2D eigenvalue weighted by molar-refractivity contribution is 5.76. The molecule has 0 aromatic carbocycles. The first-order chi connectivity index (χ1) is 10.1. The average molecular weight is 294 g/mol. The van der Waals surface area contributed by atoms with E-state index in [9.17, 15) is 4.79 Å². The second kappa shape index (κ2) is 9.12. The van der Waals surface area contributed by atoms with Crippen molar-refractivity contribution >= 4 is 17.5 Å². The molecule has 1 amide bonds. The maximum Gasteiger partial charge on any atom is 0.221 e. The molecule has 7 heteroatoms. The molecule has 0 saturated carbocycles. The van der Waals surface area contributed by atoms with E-state index in [4.69, 9.17) is 5.84 Å². The van der Waals surface area contributed by atoms with E-state index in [1.54, 1.807) is 0 Å². The number of carbonyl (C=O) groups excluding carboxylic acids is 1. The molecule has 7 nitrogen and oxygen atoms in total. The number of nitrogens with one attached hydrogen (secondary N) is 3. The Kier molecular flexibility index (Phi) is 7.45. The molecule has 0 radical (unpaired) electrons. The molecular weight excluding hydrogens is 268 g/mol. The van der Waals surface area contributed by atoms with Crippen LogP contribution in [0.25, 0.3) is 0 Å². The average Bonchev–Trinajstić information content (AvgIpc) is 2.46. The second-order valence-corrected chi connectivity index (χ2v) is 5.32. The van der Waals surface area contributed by atoms with Crippen LogP contribution >= 0.6 is 0 Å². The maximum atomic E-state index is 11.7. The fraction of sp³-hybridized carbons (Fsp3) is 0.643. The molecule has 118 valence electrons. The van der Waals surface area contributed by atoms with E-state index < -0.39 is 0 Å². The van der Waals surface area contributed by atoms with Gasteiger partial charge >= 0.3 is 0 Å². The molecule has 1 aromatic rings. The lowest BCUT2D eigenvalue weighted by Gasteiger charge is -2.13. The number of nitrogens with zero attached hydrogens (tertiary/aromatic N) is 2. The third kappa shape index (κ3) is 5.95. The summed E-state index contributed by atoms with van der Waals surface area (Å²) in [7, 11) is 0. The highest BCUT2D eigenvalue weighted by Gasteiger charge is 2.10. The minimum atomic E-state index is 0.0412. The highest BCUT2D eigenvalue weighted by atomic mass is 16.1. The molecule has 0 aliphatic rings. The number of aromatic nitrogens is 2. The molecule has 0 unspecified atom stereocenters. The van der Waals surface area contributed by atoms with Gasteiger partial charge in [0.25, 0.3) is 0 Å². The number of hydrogen-bond acceptors (Lipinski definition) is 6. The third-order valence-electron chi connectivity index (χ3n) is 2.93. The Balaban J connectivity index is 2.53. The quantitative estimate of drug-likeness (QED) is 0.404. The van der Waals surface area contributed by atoms with Crippen molar-refractivity contribution in [3.05, 3.63) is 11.9 Å². The zero-order chi connectivity index (χ0) is 15.7. The Hall–Kier alpha value is -1.89. The third-order valence-corrected chi connectivity index (χ3v) is 2.93. The number of nitrogens with two attached hydrogens (primary N) is 1. The topological polar surface area (TPSA) is 105 Å². The molecule has 0 saturated heterocycles. The molecule has 1 heterocycles. The van der Waals surface area contributed by atoms with Crippen molar-refractivity contribution in [2.24, 2.45) is 11.8 Å². The number of hydrazine groups is 1. The normalized spacial score (nSPS) is 10.5. The van der Waals surface area contributed by atoms with Crippen LogP contribution in [-0.2, 0) is 11.2 Å². The first kappa shape index (κ1) is 17.2. The Bertz CT molecular complexity index is 449. The van der Waals surface area contributed by atoms with E-state index in [0.717, 1.165) is 24.2 Å². The maximum absolute atomic E-state index is 11.7. The number of amides is 1. The molecule has 0 aliphatic heterocycles. The van der Waals surface area contributed by atoms with Crippen molar-refractivity contribution in [1.29, 1.82) is 0 Å². The van der Waals surface area contributed by atoms with Gasteiger partial charge in [0, 0.05) is 25.1 Å². The van der Waals surface area contributed by atoms with Crippen molar-refractivity contribution in [1.82, 2.24) is 15.3 Å². The summed E-state index contributed by atoms with van der Waals surface area (Å²) in [4.78, 5) is 20.0. The Labute approximate surface area is 126 Å². The van der Waals surface area contributed by atoms with Gasteiger partial charge in [-0.3, -0.25) is 4.79 Å². The minimum absolute atomic E-state index is 0.0412. The van der Waals surface area contributed by atoms with Gasteiger partial charge in [0.1, 0.15) is 18.0 Å². The summed E-state index contributed by atoms with van der Waals surface area (Å²) in [6.45, 7) is 7.45. The van der Waals surface area contributed by atoms with Crippen LogP contribution in [0.2, 0.25) is 0 Å². The van der Waals surface area contributed by atoms with E-state index in [2.05, 4.69) is 46.8 Å². The molecule has 21 heavy (non-hydrogen) atoms. The van der Waals surface area contributed by atoms with Crippen molar-refractivity contribution in [2.75, 3.05) is 23.8 Å². The highest BCUT2D eigenvalue weighted by Crippen LogP contribution is 2.20. The lowest BCUT2D eigenvalue weighted by Crippen LogP contribution is -2.28. The van der Waals surface area contributed by atoms with Crippen LogP contribution in [0.15, 0.2) is 6.33 Å². The number of nitrogen functional groups attached to an aromatic ring is 1. The van der Waals surface area contributed by atoms with Crippen molar-refractivity contribution in [3.8, 4) is 0 Å². The van der Waals surface area contributed by atoms with Gasteiger partial charge in [0.2, 0.25) is 5.91 Å². The molecule has 0 bridgehead atoms. The molecule has 0 atom stereocenters. The van der Waals surface area contributed by atoms with Gasteiger partial charge in [-0.2, -0.15) is 0 Å². The number of rotatable bonds is 9. The van der Waals surface area contributed by atoms with Crippen molar-refractivity contribution in [2.45, 2.75) is 40.0 Å². The summed E-state index contributed by atoms with van der Waals surface area (Å²) in [6.07, 6.45) is 3.65. The molecule has 1 aromatic heterocycles. The number of hydrogen-bond donors (Lipinski definition) is 4. The monoisotopic (exact) mass is 294 g/mol. The molecule has 1 rings (SSSR count). The van der Waals surface area contributed by atoms with Gasteiger partial charge in [-0.25, -0.2) is 15.8 Å². The van der Waals surface area contributed by atoms with Crippen LogP contribution in [0.1, 0.15) is 39.2 Å². The summed E-state index contributed by atoms with van der Waals surface area (Å²) in [5.74, 6) is 7.32. The van der Waals surface area contributed by atoms with Crippen molar-refractivity contribution in [3.63, 3.8) is 0 Å². The van der Waals surface area contributed by atoms with Gasteiger partial charge in [-0.15, -0.1) is 0 Å². The predicted molar refractivity (Wildman–Crippen MR) is 84.8 cm³/mol. The zero-order valence-corrected chi connectivity index (χ0v) is 13.1. The standard InChI is InChI=1S/C14H26N6O/c1-4-5-11-13(18-9-19-14(11)20-15)16-7-6-12(21)17-8-10(2)3/h9-10H,4-8,15H2,1-3H3,(H,17,21)(H2,16,18,19,20). The van der Waals surface area contributed by atoms with E-state index in [1.165, 1.54) is 6.33 Å². The zero-order valence-electron chi connectivity index (χ0n) is 13.1. The molecule has 5 N–H and O–H groups in total. The lowest BCUT2D eigenvalue weighted by atomic mass is 10.1. The van der Waals surface area contributed by atoms with Gasteiger partial charge in [0.05, 0.1) is 0 Å². The van der Waals surface area contributed by atoms with Gasteiger partial charge in [0.15, 0.2) is 0 Å². The Morgan fingerprint density at radius 2 is 2.05 bits per heavy atom. The fourth-order valence-electron chi connectivity index (χ4n) is 1.88. The van der Waals surface area contributed by atoms with Crippen LogP contribution in [0.3, 0.4) is 0 Å². The first-order valence-electron chi connectivity index (χ1n) is 7.39. The number of carbonyl (C=O) groups is 1. The van der Waals surface area contributed by atoms with Crippen molar-refractivity contribution < 1.29 is 4.79 Å². The molecule has 0 fully saturated rings. The summed E-state index contributed by atoms with van der Waals surface area (Å²) in [5.41, 5.74) is 3.53. The van der Waals surface area contributed by atoms with E-state index in [1.807, 2.05) is 0 Å². The minimum Gasteiger partial charge on any atom is -0.369 e. The van der Waals surface area contributed by atoms with E-state index in [-0.39, 0.29) is 5.91 Å². The smallest absolute Gasteiger partial charge is 0.221 e. The summed E-state index contributed by atoms with van der Waals surface area (Å²) < 4.78 is 0. The molecule has 0 spiro atoms. The van der Waals surface area contributed by atoms with Gasteiger partial charge < -0.3 is 16.1 Å². The van der Waals surface area contributed by atoms with E-state index in [0.29, 0.717) is 31.2 Å². The first-order valence-corrected chi connectivity index (χ1v) is 7.39. The van der Waals surface area contributed by atoms with E-state index >= 15 is 0 Å². The van der Waals surface area contributed by atoms with Gasteiger partial charge in [-0.1, -0.05) is 27.2 Å². The molecule has 0 aliphatic carbocycles. The Morgan fingerprint density at radius 1 is 1.33 bits per heavy atom. The Morgan fingerprint density at radius 3 is 2.67 bits per heavy atom. The summed E-state index contributed by atoms with van der Waals surface area (Å²) in [5, 5.41) is 6.07. The SMILES string of the molecule is CCCc1c(NN)ncnc1NCCC(=O)NCC(C)C. The summed E-state index contributed by atoms with van der Waals surface area (Å²) in [6, 6.07) is 0. The van der Waals surface area contributed by atoms with Crippen LogP contribution in [0, 0.1) is 5.92 Å². The molecular formula is C14H26N6O. The van der Waals surface area contributed by atoms with Crippen LogP contribution in [0.5, 0.6) is 0 Å². The second-order valence-electron chi connectivity index (χ2n) is 5.32. The lowest BCUT2D eigenvalue weighted by molar-refractivity contribution is -0.120. The number of anilines is 2. The predicted octanol–water partition coefficient (Wildman–Crippen LogP) is 1.29. The fourth-order valence-corrected chi connectivity index (χ4v) is 1.88.